The number of hydrogen-bond acceptors (Lipinski definition) is 2. The molecule has 16 heavy (non-hydrogen) atoms. The fourth-order valence-corrected chi connectivity index (χ4v) is 3.77. The minimum absolute atomic E-state index is 0.201. The Hall–Kier alpha value is -0.0600. The van der Waals surface area contributed by atoms with Crippen LogP contribution in [0.2, 0.25) is 0 Å². The lowest BCUT2D eigenvalue weighted by atomic mass is 9.94. The van der Waals surface area contributed by atoms with Gasteiger partial charge in [0.25, 0.3) is 0 Å². The molecule has 1 aliphatic rings. The summed E-state index contributed by atoms with van der Waals surface area (Å²) in [6.07, 6.45) is 2.05. The molecular formula is C12H15BrFNS. The maximum Gasteiger partial charge on any atom is 0.137 e. The minimum atomic E-state index is -0.214. The standard InChI is InChI=1S/C12H15BrFNS/c13-10-5-8(1-2-11(10)14)6-12(15)9-3-4-16-7-9/h1-2,5,9,12H,3-4,6-7,15H2. The molecular weight excluding hydrogens is 289 g/mol. The summed E-state index contributed by atoms with van der Waals surface area (Å²) in [5, 5.41) is 0. The second-order valence-electron chi connectivity index (χ2n) is 4.24. The van der Waals surface area contributed by atoms with Crippen molar-refractivity contribution in [3.8, 4) is 0 Å². The topological polar surface area (TPSA) is 26.0 Å². The van der Waals surface area contributed by atoms with E-state index in [-0.39, 0.29) is 11.9 Å². The quantitative estimate of drug-likeness (QED) is 0.928. The Balaban J connectivity index is 1.99. The molecule has 0 aliphatic carbocycles. The molecule has 0 bridgehead atoms. The van der Waals surface area contributed by atoms with Crippen LogP contribution in [0.4, 0.5) is 4.39 Å². The van der Waals surface area contributed by atoms with E-state index in [9.17, 15) is 4.39 Å². The molecule has 1 nitrogen and oxygen atoms in total. The van der Waals surface area contributed by atoms with E-state index in [1.54, 1.807) is 0 Å². The predicted molar refractivity (Wildman–Crippen MR) is 71.2 cm³/mol. The van der Waals surface area contributed by atoms with Crippen LogP contribution in [0.25, 0.3) is 0 Å². The molecule has 1 aromatic rings. The number of thioether (sulfide) groups is 1. The Morgan fingerprint density at radius 2 is 2.38 bits per heavy atom. The molecule has 88 valence electrons. The van der Waals surface area contributed by atoms with Crippen molar-refractivity contribution in [2.45, 2.75) is 18.9 Å². The number of halogens is 2. The van der Waals surface area contributed by atoms with Gasteiger partial charge in [0, 0.05) is 6.04 Å². The summed E-state index contributed by atoms with van der Waals surface area (Å²) in [6.45, 7) is 0. The van der Waals surface area contributed by atoms with Gasteiger partial charge in [0.2, 0.25) is 0 Å². The third-order valence-corrected chi connectivity index (χ3v) is 4.82. The summed E-state index contributed by atoms with van der Waals surface area (Å²) in [5.74, 6) is 2.80. The van der Waals surface area contributed by atoms with Crippen LogP contribution in [-0.2, 0) is 6.42 Å². The van der Waals surface area contributed by atoms with Crippen molar-refractivity contribution in [1.29, 1.82) is 0 Å². The fraction of sp³-hybridized carbons (Fsp3) is 0.500. The molecule has 4 heteroatoms. The number of benzene rings is 1. The molecule has 2 atom stereocenters. The summed E-state index contributed by atoms with van der Waals surface area (Å²) in [4.78, 5) is 0. The number of nitrogens with two attached hydrogens (primary N) is 1. The molecule has 0 radical (unpaired) electrons. The lowest BCUT2D eigenvalue weighted by molar-refractivity contribution is 0.462. The Morgan fingerprint density at radius 3 is 3.00 bits per heavy atom. The molecule has 0 saturated carbocycles. The van der Waals surface area contributed by atoms with Gasteiger partial charge in [-0.2, -0.15) is 11.8 Å². The first-order valence-corrected chi connectivity index (χ1v) is 7.39. The zero-order valence-electron chi connectivity index (χ0n) is 8.96. The first kappa shape index (κ1) is 12.4. The van der Waals surface area contributed by atoms with Crippen LogP contribution in [0.15, 0.2) is 22.7 Å². The molecule has 1 fully saturated rings. The maximum absolute atomic E-state index is 13.1. The Morgan fingerprint density at radius 1 is 1.56 bits per heavy atom. The van der Waals surface area contributed by atoms with Gasteiger partial charge >= 0.3 is 0 Å². The summed E-state index contributed by atoms with van der Waals surface area (Å²) in [7, 11) is 0. The van der Waals surface area contributed by atoms with E-state index in [2.05, 4.69) is 15.9 Å². The van der Waals surface area contributed by atoms with E-state index in [1.165, 1.54) is 24.0 Å². The molecule has 1 aromatic carbocycles. The Bertz CT molecular complexity index is 366. The largest absolute Gasteiger partial charge is 0.327 e. The van der Waals surface area contributed by atoms with Gasteiger partial charge in [-0.3, -0.25) is 0 Å². The van der Waals surface area contributed by atoms with E-state index in [1.807, 2.05) is 23.9 Å². The zero-order chi connectivity index (χ0) is 11.5. The molecule has 2 rings (SSSR count). The highest BCUT2D eigenvalue weighted by Crippen LogP contribution is 2.27. The lowest BCUT2D eigenvalue weighted by Crippen LogP contribution is -2.32. The van der Waals surface area contributed by atoms with Crippen molar-refractivity contribution in [1.82, 2.24) is 0 Å². The van der Waals surface area contributed by atoms with Crippen molar-refractivity contribution < 1.29 is 4.39 Å². The van der Waals surface area contributed by atoms with Gasteiger partial charge in [-0.1, -0.05) is 6.07 Å². The van der Waals surface area contributed by atoms with Crippen LogP contribution in [0.1, 0.15) is 12.0 Å². The van der Waals surface area contributed by atoms with Crippen LogP contribution in [0, 0.1) is 11.7 Å². The third-order valence-electron chi connectivity index (χ3n) is 3.03. The molecule has 2 N–H and O–H groups in total. The molecule has 1 heterocycles. The second-order valence-corrected chi connectivity index (χ2v) is 6.24. The van der Waals surface area contributed by atoms with Crippen LogP contribution >= 0.6 is 27.7 Å². The van der Waals surface area contributed by atoms with Gasteiger partial charge in [0.1, 0.15) is 5.82 Å². The van der Waals surface area contributed by atoms with E-state index in [0.717, 1.165) is 12.0 Å². The van der Waals surface area contributed by atoms with Crippen LogP contribution in [0.5, 0.6) is 0 Å². The predicted octanol–water partition coefficient (Wildman–Crippen LogP) is 3.21. The highest BCUT2D eigenvalue weighted by Gasteiger charge is 2.22. The van der Waals surface area contributed by atoms with Gasteiger partial charge in [-0.05, 0) is 63.9 Å². The van der Waals surface area contributed by atoms with Crippen LogP contribution in [-0.4, -0.2) is 17.5 Å². The average molecular weight is 304 g/mol. The van der Waals surface area contributed by atoms with E-state index in [4.69, 9.17) is 5.73 Å². The zero-order valence-corrected chi connectivity index (χ0v) is 11.4. The van der Waals surface area contributed by atoms with Gasteiger partial charge in [0.15, 0.2) is 0 Å². The van der Waals surface area contributed by atoms with Gasteiger partial charge < -0.3 is 5.73 Å². The smallest absolute Gasteiger partial charge is 0.137 e. The van der Waals surface area contributed by atoms with Gasteiger partial charge in [0.05, 0.1) is 4.47 Å². The highest BCUT2D eigenvalue weighted by atomic mass is 79.9. The normalized spacial score (nSPS) is 22.3. The van der Waals surface area contributed by atoms with Gasteiger partial charge in [-0.25, -0.2) is 4.39 Å². The van der Waals surface area contributed by atoms with Crippen molar-refractivity contribution in [2.24, 2.45) is 11.7 Å². The molecule has 0 spiro atoms. The van der Waals surface area contributed by atoms with E-state index in [0.29, 0.717) is 10.4 Å². The average Bonchev–Trinajstić information content (AvgIpc) is 2.77. The molecule has 1 aliphatic heterocycles. The van der Waals surface area contributed by atoms with Crippen molar-refractivity contribution >= 4 is 27.7 Å². The van der Waals surface area contributed by atoms with E-state index >= 15 is 0 Å². The molecule has 0 aromatic heterocycles. The maximum atomic E-state index is 13.1. The first-order valence-electron chi connectivity index (χ1n) is 5.44. The van der Waals surface area contributed by atoms with Crippen LogP contribution < -0.4 is 5.73 Å². The number of hydrogen-bond donors (Lipinski definition) is 1. The van der Waals surface area contributed by atoms with Crippen LogP contribution in [0.3, 0.4) is 0 Å². The molecule has 1 saturated heterocycles. The lowest BCUT2D eigenvalue weighted by Gasteiger charge is -2.18. The van der Waals surface area contributed by atoms with Gasteiger partial charge in [-0.15, -0.1) is 0 Å². The highest BCUT2D eigenvalue weighted by molar-refractivity contribution is 9.10. The summed E-state index contributed by atoms with van der Waals surface area (Å²) in [5.41, 5.74) is 7.29. The molecule has 2 unspecified atom stereocenters. The fourth-order valence-electron chi connectivity index (χ4n) is 2.00. The van der Waals surface area contributed by atoms with E-state index < -0.39 is 0 Å². The summed E-state index contributed by atoms with van der Waals surface area (Å²) >= 11 is 5.18. The van der Waals surface area contributed by atoms with Crippen molar-refractivity contribution in [3.63, 3.8) is 0 Å². The summed E-state index contributed by atoms with van der Waals surface area (Å²) in [6, 6.07) is 5.35. The minimum Gasteiger partial charge on any atom is -0.327 e. The SMILES string of the molecule is NC(Cc1ccc(F)c(Br)c1)C1CCSC1. The third kappa shape index (κ3) is 2.99. The monoisotopic (exact) mass is 303 g/mol. The van der Waals surface area contributed by atoms with Crippen molar-refractivity contribution in [3.05, 3.63) is 34.1 Å². The first-order chi connectivity index (χ1) is 7.66. The Labute approximate surface area is 108 Å². The van der Waals surface area contributed by atoms with Crippen molar-refractivity contribution in [2.75, 3.05) is 11.5 Å². The number of rotatable bonds is 3. The Kier molecular flexibility index (Phi) is 4.27. The summed E-state index contributed by atoms with van der Waals surface area (Å²) < 4.78 is 13.6. The molecule has 0 amide bonds. The second kappa shape index (κ2) is 5.52.